The zero-order chi connectivity index (χ0) is 42.2. The van der Waals surface area contributed by atoms with Crippen LogP contribution < -0.4 is 28.7 Å². The van der Waals surface area contributed by atoms with Crippen LogP contribution in [0.25, 0.3) is 0 Å². The van der Waals surface area contributed by atoms with E-state index in [0.717, 1.165) is 32.1 Å². The van der Waals surface area contributed by atoms with Crippen LogP contribution in [-0.4, -0.2) is 132 Å². The first-order chi connectivity index (χ1) is 27.0. The van der Waals surface area contributed by atoms with Crippen LogP contribution in [0.4, 0.5) is 0 Å². The summed E-state index contributed by atoms with van der Waals surface area (Å²) in [4.78, 5) is 0. The fraction of sp³-hybridized carbons (Fsp3) is 1.00. The van der Waals surface area contributed by atoms with E-state index in [0.29, 0.717) is 82.1 Å². The van der Waals surface area contributed by atoms with Crippen LogP contribution in [0.3, 0.4) is 0 Å². The molecule has 0 aromatic rings. The molecule has 14 heteroatoms. The largest absolute Gasteiger partial charge is 0.379 e. The van der Waals surface area contributed by atoms with E-state index in [2.05, 4.69) is 69.2 Å². The van der Waals surface area contributed by atoms with Gasteiger partial charge in [0.2, 0.25) is 0 Å². The Labute approximate surface area is 346 Å². The van der Waals surface area contributed by atoms with Crippen molar-refractivity contribution in [3.05, 3.63) is 0 Å². The van der Waals surface area contributed by atoms with E-state index in [-0.39, 0.29) is 18.8 Å². The topological polar surface area (TPSA) is 213 Å². The van der Waals surface area contributed by atoms with Crippen molar-refractivity contribution in [2.45, 2.75) is 200 Å². The molecule has 3 aliphatic rings. The number of hydrogen-bond donors (Lipinski definition) is 5. The van der Waals surface area contributed by atoms with Gasteiger partial charge in [0.15, 0.2) is 12.6 Å². The molecule has 0 aromatic heterocycles. The lowest BCUT2D eigenvalue weighted by molar-refractivity contribution is -0.327. The first kappa shape index (κ1) is 50.8. The molecule has 14 nitrogen and oxygen atoms in total. The highest BCUT2D eigenvalue weighted by atomic mass is 16.7. The summed E-state index contributed by atoms with van der Waals surface area (Å²) < 4.78 is 59.2. The van der Waals surface area contributed by atoms with Crippen LogP contribution in [0.5, 0.6) is 0 Å². The third kappa shape index (κ3) is 17.0. The van der Waals surface area contributed by atoms with Crippen molar-refractivity contribution in [3.63, 3.8) is 0 Å². The van der Waals surface area contributed by atoms with Crippen molar-refractivity contribution in [1.82, 2.24) is 0 Å². The molecule has 2 saturated heterocycles. The minimum Gasteiger partial charge on any atom is -0.379 e. The summed E-state index contributed by atoms with van der Waals surface area (Å²) in [6, 6.07) is -2.02. The SMILES string of the molecule is CC(C)CCOC[C@H]1O[C@H](O[C@@H]2[C@@H](OCCC(C)C)[C@H](O[C@H]3O[C@H](CN)[C@@H](OCCC(C)C)C[C@H]3N)[C@@H](N)C[C@H]2N)[C@H](OCCC(C)C)[C@@H](N)[C@@H]1OCCC(C)C. The fourth-order valence-corrected chi connectivity index (χ4v) is 7.41. The first-order valence-electron chi connectivity index (χ1n) is 22.4. The maximum Gasteiger partial charge on any atom is 0.186 e. The van der Waals surface area contributed by atoms with Crippen LogP contribution in [0.2, 0.25) is 0 Å². The Morgan fingerprint density at radius 2 is 0.912 bits per heavy atom. The van der Waals surface area contributed by atoms with Gasteiger partial charge in [0.25, 0.3) is 0 Å². The second-order valence-corrected chi connectivity index (χ2v) is 19.0. The molecule has 1 aliphatic carbocycles. The van der Waals surface area contributed by atoms with E-state index in [4.69, 9.17) is 71.3 Å². The lowest BCUT2D eigenvalue weighted by Crippen LogP contribution is -2.69. The van der Waals surface area contributed by atoms with E-state index in [9.17, 15) is 0 Å². The molecule has 14 atom stereocenters. The van der Waals surface area contributed by atoms with E-state index in [1.807, 2.05) is 0 Å². The molecule has 2 heterocycles. The lowest BCUT2D eigenvalue weighted by atomic mass is 9.84. The maximum atomic E-state index is 7.13. The van der Waals surface area contributed by atoms with Crippen LogP contribution in [0.1, 0.15) is 114 Å². The molecular weight excluding hydrogens is 730 g/mol. The maximum absolute atomic E-state index is 7.13. The number of rotatable bonds is 26. The predicted octanol–water partition coefficient (Wildman–Crippen LogP) is 4.06. The minimum atomic E-state index is -0.892. The number of hydrogen-bond acceptors (Lipinski definition) is 14. The molecule has 57 heavy (non-hydrogen) atoms. The normalized spacial score (nSPS) is 35.4. The van der Waals surface area contributed by atoms with Gasteiger partial charge >= 0.3 is 0 Å². The molecule has 0 unspecified atom stereocenters. The Morgan fingerprint density at radius 3 is 1.42 bits per heavy atom. The standard InChI is InChI=1S/C43H87N5O9/c1-25(2)11-16-49-24-35-39(51-18-13-27(5)6)36(48)40(52-19-14-28(7)8)43(55-35)57-38-31(46)21-30(45)37(41(38)53-20-15-29(9)10)56-42-32(47)22-33(34(23-44)54-42)50-17-12-26(3)4/h25-43H,11-24,44-48H2,1-10H3/t30-,31+,32+,33-,34+,35+,36-,37+,38-,39+,40+,41-,42+,43+/m0/s1. The van der Waals surface area contributed by atoms with Crippen molar-refractivity contribution in [1.29, 1.82) is 0 Å². The number of nitrogens with two attached hydrogens (primary N) is 5. The Bertz CT molecular complexity index is 1060. The van der Waals surface area contributed by atoms with Crippen molar-refractivity contribution in [2.75, 3.05) is 46.2 Å². The zero-order valence-electron chi connectivity index (χ0n) is 37.4. The van der Waals surface area contributed by atoms with Gasteiger partial charge in [-0.1, -0.05) is 69.2 Å². The van der Waals surface area contributed by atoms with Gasteiger partial charge < -0.3 is 71.3 Å². The lowest BCUT2D eigenvalue weighted by Gasteiger charge is -2.50. The summed E-state index contributed by atoms with van der Waals surface area (Å²) in [5.41, 5.74) is 33.9. The average molecular weight is 818 g/mol. The van der Waals surface area contributed by atoms with Crippen LogP contribution >= 0.6 is 0 Å². The Balaban J connectivity index is 1.91. The quantitative estimate of drug-likeness (QED) is 0.0780. The molecular formula is C43H87N5O9. The minimum absolute atomic E-state index is 0.230. The first-order valence-corrected chi connectivity index (χ1v) is 22.4. The van der Waals surface area contributed by atoms with Gasteiger partial charge in [0, 0.05) is 51.7 Å². The van der Waals surface area contributed by atoms with E-state index in [1.54, 1.807) is 0 Å². The summed E-state index contributed by atoms with van der Waals surface area (Å²) in [6.07, 6.45) is -0.546. The third-order valence-corrected chi connectivity index (χ3v) is 11.3. The molecule has 10 N–H and O–H groups in total. The van der Waals surface area contributed by atoms with Gasteiger partial charge in [-0.3, -0.25) is 0 Å². The van der Waals surface area contributed by atoms with E-state index >= 15 is 0 Å². The second-order valence-electron chi connectivity index (χ2n) is 19.0. The van der Waals surface area contributed by atoms with Gasteiger partial charge in [-0.2, -0.15) is 0 Å². The van der Waals surface area contributed by atoms with Gasteiger partial charge in [-0.25, -0.2) is 0 Å². The van der Waals surface area contributed by atoms with Gasteiger partial charge in [0.05, 0.1) is 30.9 Å². The van der Waals surface area contributed by atoms with Crippen LogP contribution in [0.15, 0.2) is 0 Å². The Hall–Kier alpha value is -0.560. The summed E-state index contributed by atoms with van der Waals surface area (Å²) in [7, 11) is 0. The molecule has 0 spiro atoms. The van der Waals surface area contributed by atoms with Gasteiger partial charge in [-0.05, 0) is 74.5 Å². The van der Waals surface area contributed by atoms with Gasteiger partial charge in [0.1, 0.15) is 36.6 Å². The molecule has 0 bridgehead atoms. The van der Waals surface area contributed by atoms with Crippen LogP contribution in [-0.2, 0) is 42.6 Å². The molecule has 1 saturated carbocycles. The molecule has 3 fully saturated rings. The van der Waals surface area contributed by atoms with Crippen molar-refractivity contribution in [3.8, 4) is 0 Å². The monoisotopic (exact) mass is 818 g/mol. The molecule has 0 radical (unpaired) electrons. The van der Waals surface area contributed by atoms with Crippen molar-refractivity contribution < 1.29 is 42.6 Å². The third-order valence-electron chi connectivity index (χ3n) is 11.3. The average Bonchev–Trinajstić information content (AvgIpc) is 3.12. The molecule has 3 rings (SSSR count). The second kappa shape index (κ2) is 26.0. The van der Waals surface area contributed by atoms with Gasteiger partial charge in [-0.15, -0.1) is 0 Å². The van der Waals surface area contributed by atoms with E-state index in [1.165, 1.54) is 0 Å². The van der Waals surface area contributed by atoms with E-state index < -0.39 is 73.4 Å². The Morgan fingerprint density at radius 1 is 0.474 bits per heavy atom. The number of ether oxygens (including phenoxy) is 9. The van der Waals surface area contributed by atoms with Crippen LogP contribution in [0, 0.1) is 29.6 Å². The van der Waals surface area contributed by atoms with Crippen molar-refractivity contribution >= 4 is 0 Å². The smallest absolute Gasteiger partial charge is 0.186 e. The summed E-state index contributed by atoms with van der Waals surface area (Å²) >= 11 is 0. The summed E-state index contributed by atoms with van der Waals surface area (Å²) in [6.45, 7) is 25.0. The molecule has 0 aromatic carbocycles. The van der Waals surface area contributed by atoms with Crippen molar-refractivity contribution in [2.24, 2.45) is 58.3 Å². The highest BCUT2D eigenvalue weighted by Crippen LogP contribution is 2.34. The highest BCUT2D eigenvalue weighted by molar-refractivity contribution is 5.02. The molecule has 2 aliphatic heterocycles. The molecule has 0 amide bonds. The summed E-state index contributed by atoms with van der Waals surface area (Å²) in [5, 5.41) is 0. The summed E-state index contributed by atoms with van der Waals surface area (Å²) in [5.74, 6) is 2.34. The molecule has 338 valence electrons. The Kier molecular flexibility index (Phi) is 23.2. The fourth-order valence-electron chi connectivity index (χ4n) is 7.41. The predicted molar refractivity (Wildman–Crippen MR) is 224 cm³/mol. The highest BCUT2D eigenvalue weighted by Gasteiger charge is 2.52. The zero-order valence-corrected chi connectivity index (χ0v) is 37.4.